The van der Waals surface area contributed by atoms with Gasteiger partial charge in [0.2, 0.25) is 0 Å². The highest BCUT2D eigenvalue weighted by atomic mass is 16.6. The molecule has 8 atom stereocenters. The molecular weight excluding hydrogens is 372 g/mol. The highest BCUT2D eigenvalue weighted by molar-refractivity contribution is 5.95. The van der Waals surface area contributed by atoms with Gasteiger partial charge in [-0.25, -0.2) is 0 Å². The highest BCUT2D eigenvalue weighted by Crippen LogP contribution is 2.75. The third-order valence-electron chi connectivity index (χ3n) is 11.6. The van der Waals surface area contributed by atoms with Crippen molar-refractivity contribution in [3.05, 3.63) is 12.2 Å². The fraction of sp³-hybridized carbons (Fsp3) is 0.852. The number of esters is 1. The van der Waals surface area contributed by atoms with Crippen molar-refractivity contribution in [3.8, 4) is 0 Å². The maximum atomic E-state index is 12.7. The second kappa shape index (κ2) is 6.01. The molecule has 1 heterocycles. The maximum Gasteiger partial charge on any atom is 0.306 e. The molecule has 5 rings (SSSR count). The summed E-state index contributed by atoms with van der Waals surface area (Å²) in [5.74, 6) is 2.50. The summed E-state index contributed by atoms with van der Waals surface area (Å²) < 4.78 is 5.95. The van der Waals surface area contributed by atoms with Crippen LogP contribution in [0.15, 0.2) is 12.2 Å². The number of cyclic esters (lactones) is 1. The number of rotatable bonds is 1. The van der Waals surface area contributed by atoms with Gasteiger partial charge in [-0.1, -0.05) is 40.7 Å². The van der Waals surface area contributed by atoms with Crippen LogP contribution in [0.1, 0.15) is 92.9 Å². The van der Waals surface area contributed by atoms with E-state index in [2.05, 4.69) is 47.6 Å². The Bertz CT molecular complexity index is 826. The van der Waals surface area contributed by atoms with Gasteiger partial charge >= 0.3 is 5.97 Å². The molecule has 1 saturated heterocycles. The molecule has 0 spiro atoms. The van der Waals surface area contributed by atoms with Crippen LogP contribution >= 0.6 is 0 Å². The van der Waals surface area contributed by atoms with Crippen LogP contribution in [-0.2, 0) is 14.3 Å². The van der Waals surface area contributed by atoms with Crippen LogP contribution in [0.4, 0.5) is 0 Å². The van der Waals surface area contributed by atoms with Gasteiger partial charge in [0.1, 0.15) is 5.60 Å². The number of hydrogen-bond donors (Lipinski definition) is 0. The molecule has 0 aromatic heterocycles. The first-order valence-electron chi connectivity index (χ1n) is 12.3. The smallest absolute Gasteiger partial charge is 0.306 e. The van der Waals surface area contributed by atoms with Gasteiger partial charge in [-0.05, 0) is 91.9 Å². The Morgan fingerprint density at radius 3 is 2.17 bits per heavy atom. The minimum Gasteiger partial charge on any atom is -0.459 e. The first kappa shape index (κ1) is 20.8. The minimum atomic E-state index is -0.261. The summed E-state index contributed by atoms with van der Waals surface area (Å²) >= 11 is 0. The number of ether oxygens (including phenoxy) is 1. The zero-order chi connectivity index (χ0) is 21.7. The van der Waals surface area contributed by atoms with Gasteiger partial charge in [0, 0.05) is 17.8 Å². The largest absolute Gasteiger partial charge is 0.459 e. The van der Waals surface area contributed by atoms with Crippen LogP contribution in [0.2, 0.25) is 0 Å². The molecule has 30 heavy (non-hydrogen) atoms. The summed E-state index contributed by atoms with van der Waals surface area (Å²) in [4.78, 5) is 24.7. The Hall–Kier alpha value is -1.12. The van der Waals surface area contributed by atoms with Crippen LogP contribution in [0, 0.1) is 45.3 Å². The van der Waals surface area contributed by atoms with E-state index in [1.165, 1.54) is 32.1 Å². The molecule has 0 amide bonds. The van der Waals surface area contributed by atoms with Gasteiger partial charge in [0.15, 0.2) is 5.78 Å². The third-order valence-corrected chi connectivity index (χ3v) is 11.6. The Morgan fingerprint density at radius 2 is 1.50 bits per heavy atom. The van der Waals surface area contributed by atoms with E-state index in [1.807, 2.05) is 6.08 Å². The van der Waals surface area contributed by atoms with Crippen molar-refractivity contribution in [1.82, 2.24) is 0 Å². The quantitative estimate of drug-likeness (QED) is 0.488. The molecule has 0 N–H and O–H groups in total. The molecule has 0 radical (unpaired) electrons. The molecule has 166 valence electrons. The predicted molar refractivity (Wildman–Crippen MR) is 118 cm³/mol. The molecule has 0 aromatic carbocycles. The standard InChI is InChI=1S/C27H40O3/c1-23(2)19-10-15-26(5)20(24(19,3)13-11-21(23)28)8-7-17-18(9-14-25(17,26)4)27(6)16-12-22(29)30-27/h11,13,17-20H,7-10,12,14-16H2,1-6H3/t17?,18?,19?,20?,24-,25+,26+,27-/m0/s1. The number of allylic oxidation sites excluding steroid dienone is 2. The molecule has 1 aliphatic heterocycles. The van der Waals surface area contributed by atoms with Gasteiger partial charge in [0.25, 0.3) is 0 Å². The molecule has 3 nitrogen and oxygen atoms in total. The summed E-state index contributed by atoms with van der Waals surface area (Å²) in [6, 6.07) is 0. The molecule has 0 aromatic rings. The van der Waals surface area contributed by atoms with Gasteiger partial charge in [-0.3, -0.25) is 9.59 Å². The van der Waals surface area contributed by atoms with E-state index >= 15 is 0 Å². The first-order chi connectivity index (χ1) is 13.9. The zero-order valence-corrected chi connectivity index (χ0v) is 19.8. The molecular formula is C27H40O3. The molecule has 5 aliphatic rings. The topological polar surface area (TPSA) is 43.4 Å². The van der Waals surface area contributed by atoms with Crippen molar-refractivity contribution in [1.29, 1.82) is 0 Å². The van der Waals surface area contributed by atoms with E-state index < -0.39 is 0 Å². The Morgan fingerprint density at radius 1 is 0.800 bits per heavy atom. The van der Waals surface area contributed by atoms with E-state index in [9.17, 15) is 9.59 Å². The summed E-state index contributed by atoms with van der Waals surface area (Å²) in [5.41, 5.74) is 0.136. The normalized spacial score (nSPS) is 54.3. The lowest BCUT2D eigenvalue weighted by atomic mass is 9.36. The number of ketones is 1. The van der Waals surface area contributed by atoms with Crippen molar-refractivity contribution in [2.75, 3.05) is 0 Å². The Kier molecular flexibility index (Phi) is 4.16. The Balaban J connectivity index is 1.52. The van der Waals surface area contributed by atoms with Crippen LogP contribution < -0.4 is 0 Å². The number of carbonyl (C=O) groups excluding carboxylic acids is 2. The first-order valence-corrected chi connectivity index (χ1v) is 12.3. The molecule has 3 saturated carbocycles. The Labute approximate surface area is 182 Å². The van der Waals surface area contributed by atoms with E-state index in [1.54, 1.807) is 0 Å². The van der Waals surface area contributed by atoms with Crippen molar-refractivity contribution in [2.24, 2.45) is 45.3 Å². The van der Waals surface area contributed by atoms with Crippen molar-refractivity contribution in [2.45, 2.75) is 98.5 Å². The lowest BCUT2D eigenvalue weighted by Crippen LogP contribution is -2.62. The number of carbonyl (C=O) groups is 2. The average molecular weight is 413 g/mol. The van der Waals surface area contributed by atoms with Crippen LogP contribution in [-0.4, -0.2) is 17.4 Å². The number of hydrogen-bond acceptors (Lipinski definition) is 3. The van der Waals surface area contributed by atoms with Crippen molar-refractivity contribution in [3.63, 3.8) is 0 Å². The third kappa shape index (κ3) is 2.33. The second-order valence-electron chi connectivity index (χ2n) is 12.9. The highest BCUT2D eigenvalue weighted by Gasteiger charge is 2.69. The summed E-state index contributed by atoms with van der Waals surface area (Å²) in [7, 11) is 0. The average Bonchev–Trinajstić information content (AvgIpc) is 3.20. The molecule has 4 fully saturated rings. The van der Waals surface area contributed by atoms with E-state index in [0.717, 1.165) is 12.8 Å². The fourth-order valence-corrected chi connectivity index (χ4v) is 9.75. The molecule has 4 aliphatic carbocycles. The van der Waals surface area contributed by atoms with E-state index in [-0.39, 0.29) is 33.2 Å². The number of fused-ring (bicyclic) bond motifs is 5. The van der Waals surface area contributed by atoms with Crippen LogP contribution in [0.5, 0.6) is 0 Å². The summed E-state index contributed by atoms with van der Waals surface area (Å²) in [6.45, 7) is 14.2. The van der Waals surface area contributed by atoms with Crippen molar-refractivity contribution < 1.29 is 14.3 Å². The van der Waals surface area contributed by atoms with Gasteiger partial charge in [-0.15, -0.1) is 0 Å². The fourth-order valence-electron chi connectivity index (χ4n) is 9.75. The zero-order valence-electron chi connectivity index (χ0n) is 19.8. The predicted octanol–water partition coefficient (Wildman–Crippen LogP) is 6.11. The SMILES string of the molecule is CC1(C)C(=O)C=C[C@@]2(C)C1CC[C@]1(C)C2CCC2C([C@]3(C)CCC(=O)O3)CC[C@]21C. The molecule has 4 unspecified atom stereocenters. The van der Waals surface area contributed by atoms with Crippen molar-refractivity contribution >= 4 is 11.8 Å². The minimum absolute atomic E-state index is 0.00161. The van der Waals surface area contributed by atoms with Crippen LogP contribution in [0.3, 0.4) is 0 Å². The van der Waals surface area contributed by atoms with E-state index in [0.29, 0.717) is 35.9 Å². The van der Waals surface area contributed by atoms with Gasteiger partial charge in [-0.2, -0.15) is 0 Å². The lowest BCUT2D eigenvalue weighted by Gasteiger charge is -2.68. The monoisotopic (exact) mass is 412 g/mol. The van der Waals surface area contributed by atoms with Gasteiger partial charge < -0.3 is 4.74 Å². The second-order valence-corrected chi connectivity index (χ2v) is 12.9. The van der Waals surface area contributed by atoms with Gasteiger partial charge in [0.05, 0.1) is 0 Å². The van der Waals surface area contributed by atoms with Crippen LogP contribution in [0.25, 0.3) is 0 Å². The molecule has 3 heteroatoms. The van der Waals surface area contributed by atoms with E-state index in [4.69, 9.17) is 4.74 Å². The lowest BCUT2D eigenvalue weighted by molar-refractivity contribution is -0.186. The summed E-state index contributed by atoms with van der Waals surface area (Å²) in [6.07, 6.45) is 13.0. The summed E-state index contributed by atoms with van der Waals surface area (Å²) in [5, 5.41) is 0. The molecule has 0 bridgehead atoms. The maximum absolute atomic E-state index is 12.7.